The van der Waals surface area contributed by atoms with Gasteiger partial charge in [-0.05, 0) is 41.8 Å². The Balaban J connectivity index is 2.17. The fourth-order valence-corrected chi connectivity index (χ4v) is 2.25. The van der Waals surface area contributed by atoms with Gasteiger partial charge in [0.05, 0.1) is 21.3 Å². The third-order valence-electron chi connectivity index (χ3n) is 3.43. The summed E-state index contributed by atoms with van der Waals surface area (Å²) in [5, 5.41) is 0. The van der Waals surface area contributed by atoms with Crippen LogP contribution in [0.15, 0.2) is 42.5 Å². The largest absolute Gasteiger partial charge is 0.497 e. The van der Waals surface area contributed by atoms with Crippen LogP contribution >= 0.6 is 0 Å². The molecule has 0 aliphatic heterocycles. The molecule has 21 heavy (non-hydrogen) atoms. The van der Waals surface area contributed by atoms with Crippen LogP contribution in [0.25, 0.3) is 0 Å². The maximum atomic E-state index is 6.30. The van der Waals surface area contributed by atoms with E-state index in [9.17, 15) is 0 Å². The van der Waals surface area contributed by atoms with Crippen LogP contribution in [0.2, 0.25) is 0 Å². The van der Waals surface area contributed by atoms with Crippen LogP contribution < -0.4 is 19.9 Å². The Kier molecular flexibility index (Phi) is 5.06. The standard InChI is InChI=1S/C17H21NO3/c1-19-14-6-4-5-12(9-14)10-15(18)13-7-8-16(20-2)17(11-13)21-3/h4-9,11,15H,10,18H2,1-3H3. The van der Waals surface area contributed by atoms with Gasteiger partial charge in [-0.15, -0.1) is 0 Å². The van der Waals surface area contributed by atoms with Gasteiger partial charge in [0, 0.05) is 6.04 Å². The van der Waals surface area contributed by atoms with E-state index in [1.807, 2.05) is 42.5 Å². The molecule has 0 amide bonds. The van der Waals surface area contributed by atoms with Crippen LogP contribution in [0.5, 0.6) is 17.2 Å². The highest BCUT2D eigenvalue weighted by Gasteiger charge is 2.11. The molecule has 2 N–H and O–H groups in total. The Hall–Kier alpha value is -2.20. The molecule has 2 aromatic rings. The van der Waals surface area contributed by atoms with Crippen molar-refractivity contribution >= 4 is 0 Å². The summed E-state index contributed by atoms with van der Waals surface area (Å²) in [5.41, 5.74) is 8.44. The van der Waals surface area contributed by atoms with Crippen molar-refractivity contribution in [3.63, 3.8) is 0 Å². The summed E-state index contributed by atoms with van der Waals surface area (Å²) in [6.07, 6.45) is 0.729. The number of nitrogens with two attached hydrogens (primary N) is 1. The van der Waals surface area contributed by atoms with E-state index in [1.165, 1.54) is 0 Å². The SMILES string of the molecule is COc1cccc(CC(N)c2ccc(OC)c(OC)c2)c1. The molecule has 0 aliphatic rings. The number of benzene rings is 2. The molecular formula is C17H21NO3. The van der Waals surface area contributed by atoms with Crippen molar-refractivity contribution in [1.29, 1.82) is 0 Å². The van der Waals surface area contributed by atoms with Gasteiger partial charge in [-0.1, -0.05) is 18.2 Å². The Morgan fingerprint density at radius 3 is 2.33 bits per heavy atom. The maximum Gasteiger partial charge on any atom is 0.161 e. The van der Waals surface area contributed by atoms with E-state index < -0.39 is 0 Å². The fraction of sp³-hybridized carbons (Fsp3) is 0.294. The van der Waals surface area contributed by atoms with Crippen LogP contribution in [0.4, 0.5) is 0 Å². The number of rotatable bonds is 6. The molecule has 0 spiro atoms. The zero-order valence-electron chi connectivity index (χ0n) is 12.6. The molecule has 4 nitrogen and oxygen atoms in total. The summed E-state index contributed by atoms with van der Waals surface area (Å²) in [7, 11) is 4.90. The smallest absolute Gasteiger partial charge is 0.161 e. The number of hydrogen-bond acceptors (Lipinski definition) is 4. The van der Waals surface area contributed by atoms with Crippen LogP contribution in [-0.2, 0) is 6.42 Å². The molecule has 2 rings (SSSR count). The van der Waals surface area contributed by atoms with Crippen LogP contribution in [0.1, 0.15) is 17.2 Å². The lowest BCUT2D eigenvalue weighted by Crippen LogP contribution is -2.13. The Labute approximate surface area is 125 Å². The van der Waals surface area contributed by atoms with E-state index in [1.54, 1.807) is 21.3 Å². The Morgan fingerprint density at radius 1 is 0.905 bits per heavy atom. The summed E-state index contributed by atoms with van der Waals surface area (Å²) in [6.45, 7) is 0. The number of methoxy groups -OCH3 is 3. The van der Waals surface area contributed by atoms with E-state index in [4.69, 9.17) is 19.9 Å². The Bertz CT molecular complexity index is 598. The van der Waals surface area contributed by atoms with Gasteiger partial charge in [-0.25, -0.2) is 0 Å². The molecule has 0 aromatic heterocycles. The maximum absolute atomic E-state index is 6.30. The summed E-state index contributed by atoms with van der Waals surface area (Å²) in [4.78, 5) is 0. The van der Waals surface area contributed by atoms with Crippen LogP contribution in [0, 0.1) is 0 Å². The number of ether oxygens (including phenoxy) is 3. The van der Waals surface area contributed by atoms with Crippen LogP contribution in [-0.4, -0.2) is 21.3 Å². The van der Waals surface area contributed by atoms with Crippen molar-refractivity contribution in [2.45, 2.75) is 12.5 Å². The van der Waals surface area contributed by atoms with Crippen molar-refractivity contribution in [1.82, 2.24) is 0 Å². The Morgan fingerprint density at radius 2 is 1.67 bits per heavy atom. The lowest BCUT2D eigenvalue weighted by molar-refractivity contribution is 0.354. The molecule has 0 radical (unpaired) electrons. The highest BCUT2D eigenvalue weighted by Crippen LogP contribution is 2.30. The molecule has 0 heterocycles. The molecule has 0 saturated carbocycles. The second-order valence-corrected chi connectivity index (χ2v) is 4.78. The van der Waals surface area contributed by atoms with Gasteiger partial charge in [0.2, 0.25) is 0 Å². The molecule has 1 unspecified atom stereocenters. The minimum absolute atomic E-state index is 0.114. The van der Waals surface area contributed by atoms with Gasteiger partial charge in [0.1, 0.15) is 5.75 Å². The first-order chi connectivity index (χ1) is 10.2. The summed E-state index contributed by atoms with van der Waals surface area (Å²) >= 11 is 0. The first kappa shape index (κ1) is 15.2. The van der Waals surface area contributed by atoms with E-state index in [0.717, 1.165) is 23.3 Å². The van der Waals surface area contributed by atoms with E-state index >= 15 is 0 Å². The van der Waals surface area contributed by atoms with Gasteiger partial charge in [-0.3, -0.25) is 0 Å². The van der Waals surface area contributed by atoms with Crippen molar-refractivity contribution < 1.29 is 14.2 Å². The first-order valence-corrected chi connectivity index (χ1v) is 6.78. The van der Waals surface area contributed by atoms with E-state index in [0.29, 0.717) is 11.5 Å². The van der Waals surface area contributed by atoms with Gasteiger partial charge in [0.15, 0.2) is 11.5 Å². The molecule has 2 aromatic carbocycles. The molecule has 0 bridgehead atoms. The third kappa shape index (κ3) is 3.67. The molecule has 1 atom stereocenters. The first-order valence-electron chi connectivity index (χ1n) is 6.78. The lowest BCUT2D eigenvalue weighted by atomic mass is 9.99. The van der Waals surface area contributed by atoms with E-state index in [-0.39, 0.29) is 6.04 Å². The van der Waals surface area contributed by atoms with Crippen molar-refractivity contribution in [2.75, 3.05) is 21.3 Å². The highest BCUT2D eigenvalue weighted by atomic mass is 16.5. The predicted molar refractivity (Wildman–Crippen MR) is 83.2 cm³/mol. The summed E-state index contributed by atoms with van der Waals surface area (Å²) in [6, 6.07) is 13.6. The normalized spacial score (nSPS) is 11.8. The molecular weight excluding hydrogens is 266 g/mol. The minimum Gasteiger partial charge on any atom is -0.497 e. The molecule has 0 aliphatic carbocycles. The predicted octanol–water partition coefficient (Wildman–Crippen LogP) is 2.95. The van der Waals surface area contributed by atoms with Gasteiger partial charge in [0.25, 0.3) is 0 Å². The second kappa shape index (κ2) is 6.99. The van der Waals surface area contributed by atoms with Gasteiger partial charge < -0.3 is 19.9 Å². The molecule has 0 saturated heterocycles. The average molecular weight is 287 g/mol. The quantitative estimate of drug-likeness (QED) is 0.887. The second-order valence-electron chi connectivity index (χ2n) is 4.78. The van der Waals surface area contributed by atoms with Crippen molar-refractivity contribution in [2.24, 2.45) is 5.73 Å². The molecule has 4 heteroatoms. The summed E-state index contributed by atoms with van der Waals surface area (Å²) in [5.74, 6) is 2.23. The fourth-order valence-electron chi connectivity index (χ4n) is 2.25. The van der Waals surface area contributed by atoms with Crippen molar-refractivity contribution in [3.05, 3.63) is 53.6 Å². The molecule has 112 valence electrons. The van der Waals surface area contributed by atoms with E-state index in [2.05, 4.69) is 0 Å². The minimum atomic E-state index is -0.114. The van der Waals surface area contributed by atoms with Crippen molar-refractivity contribution in [3.8, 4) is 17.2 Å². The monoisotopic (exact) mass is 287 g/mol. The lowest BCUT2D eigenvalue weighted by Gasteiger charge is -2.15. The molecule has 0 fully saturated rings. The van der Waals surface area contributed by atoms with Gasteiger partial charge in [-0.2, -0.15) is 0 Å². The average Bonchev–Trinajstić information content (AvgIpc) is 2.54. The van der Waals surface area contributed by atoms with Crippen LogP contribution in [0.3, 0.4) is 0 Å². The zero-order chi connectivity index (χ0) is 15.2. The third-order valence-corrected chi connectivity index (χ3v) is 3.43. The topological polar surface area (TPSA) is 53.7 Å². The zero-order valence-corrected chi connectivity index (χ0v) is 12.6. The highest BCUT2D eigenvalue weighted by molar-refractivity contribution is 5.44. The number of hydrogen-bond donors (Lipinski definition) is 1. The van der Waals surface area contributed by atoms with Gasteiger partial charge >= 0.3 is 0 Å². The summed E-state index contributed by atoms with van der Waals surface area (Å²) < 4.78 is 15.8.